The lowest BCUT2D eigenvalue weighted by molar-refractivity contribution is -0.121. The van der Waals surface area contributed by atoms with Gasteiger partial charge in [-0.05, 0) is 16.3 Å². The number of fused-ring (bicyclic) bond motifs is 2. The molecule has 0 spiro atoms. The number of thiophene rings is 1. The van der Waals surface area contributed by atoms with E-state index in [0.29, 0.717) is 10.2 Å². The number of hydrazone groups is 1. The van der Waals surface area contributed by atoms with Gasteiger partial charge in [0, 0.05) is 16.5 Å². The van der Waals surface area contributed by atoms with Crippen molar-refractivity contribution in [3.8, 4) is 11.1 Å². The van der Waals surface area contributed by atoms with E-state index in [1.165, 1.54) is 22.2 Å². The predicted molar refractivity (Wildman–Crippen MR) is 129 cm³/mol. The normalized spacial score (nSPS) is 11.4. The molecule has 2 heterocycles. The number of benzene rings is 3. The Morgan fingerprint density at radius 1 is 1.03 bits per heavy atom. The maximum atomic E-state index is 13.1. The highest BCUT2D eigenvalue weighted by atomic mass is 32.1. The SMILES string of the molecule is O=C(Cn1cnc2scc(-c3ccccc3)c2c1=O)N/N=C/c1cccc2ccccc12. The summed E-state index contributed by atoms with van der Waals surface area (Å²) in [6.07, 6.45) is 3.01. The van der Waals surface area contributed by atoms with Crippen molar-refractivity contribution in [2.75, 3.05) is 0 Å². The number of hydrogen-bond acceptors (Lipinski definition) is 5. The first-order valence-corrected chi connectivity index (χ1v) is 10.9. The fraction of sp³-hybridized carbons (Fsp3) is 0.0400. The molecule has 1 amide bonds. The fourth-order valence-corrected chi connectivity index (χ4v) is 4.54. The molecule has 3 aromatic carbocycles. The van der Waals surface area contributed by atoms with Gasteiger partial charge in [0.15, 0.2) is 0 Å². The number of aromatic nitrogens is 2. The Bertz CT molecular complexity index is 1510. The predicted octanol–water partition coefficient (Wildman–Crippen LogP) is 4.43. The van der Waals surface area contributed by atoms with Gasteiger partial charge in [-0.2, -0.15) is 5.10 Å². The molecule has 0 saturated carbocycles. The summed E-state index contributed by atoms with van der Waals surface area (Å²) in [6, 6.07) is 23.5. The number of amides is 1. The van der Waals surface area contributed by atoms with Crippen molar-refractivity contribution < 1.29 is 4.79 Å². The van der Waals surface area contributed by atoms with Gasteiger partial charge in [-0.1, -0.05) is 72.8 Å². The second-order valence-corrected chi connectivity index (χ2v) is 8.09. The quantitative estimate of drug-likeness (QED) is 0.326. The Morgan fingerprint density at radius 3 is 2.69 bits per heavy atom. The fourth-order valence-electron chi connectivity index (χ4n) is 3.64. The number of nitrogens with one attached hydrogen (secondary N) is 1. The zero-order valence-corrected chi connectivity index (χ0v) is 17.8. The van der Waals surface area contributed by atoms with Gasteiger partial charge in [0.1, 0.15) is 11.4 Å². The van der Waals surface area contributed by atoms with Crippen LogP contribution in [0.1, 0.15) is 5.56 Å². The van der Waals surface area contributed by atoms with Crippen LogP contribution in [-0.4, -0.2) is 21.7 Å². The van der Waals surface area contributed by atoms with Crippen LogP contribution in [-0.2, 0) is 11.3 Å². The molecular formula is C25H18N4O2S. The summed E-state index contributed by atoms with van der Waals surface area (Å²) in [5.74, 6) is -0.402. The van der Waals surface area contributed by atoms with Crippen LogP contribution in [0, 0.1) is 0 Å². The number of rotatable bonds is 5. The highest BCUT2D eigenvalue weighted by Crippen LogP contribution is 2.30. The molecule has 5 aromatic rings. The molecule has 0 bridgehead atoms. The molecule has 0 atom stereocenters. The van der Waals surface area contributed by atoms with Crippen molar-refractivity contribution in [2.45, 2.75) is 6.54 Å². The lowest BCUT2D eigenvalue weighted by Gasteiger charge is -2.06. The van der Waals surface area contributed by atoms with E-state index in [1.807, 2.05) is 78.2 Å². The summed E-state index contributed by atoms with van der Waals surface area (Å²) in [7, 11) is 0. The molecule has 32 heavy (non-hydrogen) atoms. The minimum Gasteiger partial charge on any atom is -0.289 e. The summed E-state index contributed by atoms with van der Waals surface area (Å²) in [5.41, 5.74) is 4.93. The van der Waals surface area contributed by atoms with Crippen molar-refractivity contribution in [3.63, 3.8) is 0 Å². The number of carbonyl (C=O) groups excluding carboxylic acids is 1. The van der Waals surface area contributed by atoms with E-state index in [2.05, 4.69) is 15.5 Å². The van der Waals surface area contributed by atoms with Crippen LogP contribution in [0.25, 0.3) is 32.1 Å². The molecule has 6 nitrogen and oxygen atoms in total. The van der Waals surface area contributed by atoms with Crippen molar-refractivity contribution in [1.29, 1.82) is 0 Å². The Kier molecular flexibility index (Phi) is 5.31. The lowest BCUT2D eigenvalue weighted by atomic mass is 10.1. The molecule has 7 heteroatoms. The Labute approximate surface area is 187 Å². The van der Waals surface area contributed by atoms with E-state index in [4.69, 9.17) is 0 Å². The topological polar surface area (TPSA) is 76.3 Å². The van der Waals surface area contributed by atoms with Crippen LogP contribution in [0.5, 0.6) is 0 Å². The first-order chi connectivity index (χ1) is 15.7. The Hall–Kier alpha value is -4.10. The molecule has 5 rings (SSSR count). The molecular weight excluding hydrogens is 420 g/mol. The van der Waals surface area contributed by atoms with Gasteiger partial charge >= 0.3 is 0 Å². The van der Waals surface area contributed by atoms with Crippen LogP contribution >= 0.6 is 11.3 Å². The zero-order chi connectivity index (χ0) is 21.9. The highest BCUT2D eigenvalue weighted by Gasteiger charge is 2.14. The van der Waals surface area contributed by atoms with E-state index < -0.39 is 5.91 Å². The maximum Gasteiger partial charge on any atom is 0.263 e. The second kappa shape index (κ2) is 8.56. The minimum absolute atomic E-state index is 0.168. The summed E-state index contributed by atoms with van der Waals surface area (Å²) in [5, 5.41) is 8.67. The van der Waals surface area contributed by atoms with E-state index in [9.17, 15) is 9.59 Å². The summed E-state index contributed by atoms with van der Waals surface area (Å²) in [6.45, 7) is -0.168. The summed E-state index contributed by atoms with van der Waals surface area (Å²) in [4.78, 5) is 30.5. The Morgan fingerprint density at radius 2 is 1.81 bits per heavy atom. The number of nitrogens with zero attached hydrogens (tertiary/aromatic N) is 3. The van der Waals surface area contributed by atoms with Gasteiger partial charge in [0.05, 0.1) is 17.9 Å². The van der Waals surface area contributed by atoms with E-state index in [1.54, 1.807) is 6.21 Å². The molecule has 0 radical (unpaired) electrons. The van der Waals surface area contributed by atoms with Crippen molar-refractivity contribution in [3.05, 3.63) is 100 Å². The summed E-state index contributed by atoms with van der Waals surface area (Å²) < 4.78 is 1.31. The number of carbonyl (C=O) groups is 1. The van der Waals surface area contributed by atoms with Gasteiger partial charge in [0.2, 0.25) is 0 Å². The van der Waals surface area contributed by atoms with E-state index in [-0.39, 0.29) is 12.1 Å². The van der Waals surface area contributed by atoms with Gasteiger partial charge in [-0.15, -0.1) is 11.3 Å². The largest absolute Gasteiger partial charge is 0.289 e. The Balaban J connectivity index is 1.36. The molecule has 0 aliphatic rings. The first-order valence-electron chi connectivity index (χ1n) is 10.0. The smallest absolute Gasteiger partial charge is 0.263 e. The molecule has 156 valence electrons. The van der Waals surface area contributed by atoms with Crippen molar-refractivity contribution in [1.82, 2.24) is 15.0 Å². The van der Waals surface area contributed by atoms with E-state index >= 15 is 0 Å². The average molecular weight is 439 g/mol. The van der Waals surface area contributed by atoms with Crippen molar-refractivity contribution >= 4 is 44.4 Å². The van der Waals surface area contributed by atoms with Crippen LogP contribution in [0.3, 0.4) is 0 Å². The molecule has 0 aliphatic carbocycles. The van der Waals surface area contributed by atoms with Gasteiger partial charge in [-0.25, -0.2) is 10.4 Å². The monoisotopic (exact) mass is 438 g/mol. The van der Waals surface area contributed by atoms with Crippen molar-refractivity contribution in [2.24, 2.45) is 5.10 Å². The lowest BCUT2D eigenvalue weighted by Crippen LogP contribution is -2.30. The van der Waals surface area contributed by atoms with Crippen LogP contribution in [0.2, 0.25) is 0 Å². The summed E-state index contributed by atoms with van der Waals surface area (Å²) >= 11 is 1.41. The number of hydrogen-bond donors (Lipinski definition) is 1. The highest BCUT2D eigenvalue weighted by molar-refractivity contribution is 7.17. The van der Waals surface area contributed by atoms with Crippen LogP contribution in [0.15, 0.2) is 94.4 Å². The third kappa shape index (κ3) is 3.81. The zero-order valence-electron chi connectivity index (χ0n) is 16.9. The van der Waals surface area contributed by atoms with Crippen LogP contribution in [0.4, 0.5) is 0 Å². The molecule has 0 unspecified atom stereocenters. The van der Waals surface area contributed by atoms with E-state index in [0.717, 1.165) is 27.5 Å². The van der Waals surface area contributed by atoms with Gasteiger partial charge < -0.3 is 0 Å². The molecule has 0 aliphatic heterocycles. The first kappa shape index (κ1) is 19.8. The van der Waals surface area contributed by atoms with Gasteiger partial charge in [-0.3, -0.25) is 14.2 Å². The minimum atomic E-state index is -0.402. The standard InChI is InChI=1S/C25H18N4O2S/c30-22(28-27-13-19-11-6-10-17-9-4-5-12-20(17)19)14-29-16-26-24-23(25(29)31)21(15-32-24)18-7-2-1-3-8-18/h1-13,15-16H,14H2,(H,28,30)/b27-13+. The van der Waals surface area contributed by atoms with Crippen LogP contribution < -0.4 is 11.0 Å². The molecule has 0 saturated heterocycles. The third-order valence-electron chi connectivity index (χ3n) is 5.18. The molecule has 1 N–H and O–H groups in total. The average Bonchev–Trinajstić information content (AvgIpc) is 3.27. The molecule has 0 fully saturated rings. The van der Waals surface area contributed by atoms with Gasteiger partial charge in [0.25, 0.3) is 11.5 Å². The maximum absolute atomic E-state index is 13.1. The third-order valence-corrected chi connectivity index (χ3v) is 6.06. The molecule has 2 aromatic heterocycles. The second-order valence-electron chi connectivity index (χ2n) is 7.23.